The Morgan fingerprint density at radius 1 is 1.25 bits per heavy atom. The Morgan fingerprint density at radius 2 is 2.00 bits per heavy atom. The van der Waals surface area contributed by atoms with Crippen LogP contribution in [0.5, 0.6) is 5.75 Å². The third-order valence-corrected chi connectivity index (χ3v) is 3.61. The molecular formula is C16H17BrFNO. The zero-order chi connectivity index (χ0) is 14.7. The number of nitrogens with two attached hydrogens (primary N) is 1. The van der Waals surface area contributed by atoms with Crippen molar-refractivity contribution in [2.24, 2.45) is 0 Å². The van der Waals surface area contributed by atoms with Gasteiger partial charge >= 0.3 is 0 Å². The van der Waals surface area contributed by atoms with Crippen molar-refractivity contribution in [2.45, 2.75) is 26.4 Å². The molecule has 0 bridgehead atoms. The molecule has 4 heteroatoms. The van der Waals surface area contributed by atoms with Gasteiger partial charge in [-0.05, 0) is 41.8 Å². The lowest BCUT2D eigenvalue weighted by atomic mass is 10.0. The molecule has 0 radical (unpaired) electrons. The molecule has 0 fully saturated rings. The van der Waals surface area contributed by atoms with Gasteiger partial charge < -0.3 is 10.5 Å². The average molecular weight is 338 g/mol. The highest BCUT2D eigenvalue weighted by Gasteiger charge is 2.11. The minimum absolute atomic E-state index is 0.125. The van der Waals surface area contributed by atoms with Crippen molar-refractivity contribution in [2.75, 3.05) is 5.73 Å². The van der Waals surface area contributed by atoms with Gasteiger partial charge in [-0.1, -0.05) is 35.8 Å². The highest BCUT2D eigenvalue weighted by Crippen LogP contribution is 2.30. The van der Waals surface area contributed by atoms with Gasteiger partial charge in [-0.15, -0.1) is 0 Å². The van der Waals surface area contributed by atoms with Gasteiger partial charge in [0.05, 0.1) is 0 Å². The Hall–Kier alpha value is -1.55. The molecule has 0 heterocycles. The van der Waals surface area contributed by atoms with Crippen LogP contribution in [-0.2, 0) is 6.61 Å². The summed E-state index contributed by atoms with van der Waals surface area (Å²) in [5.41, 5.74) is 7.66. The maximum absolute atomic E-state index is 13.7. The molecule has 2 N–H and O–H groups in total. The molecule has 0 aliphatic heterocycles. The Bertz CT molecular complexity index is 593. The third kappa shape index (κ3) is 3.31. The molecule has 2 rings (SSSR count). The molecule has 0 atom stereocenters. The molecule has 0 spiro atoms. The van der Waals surface area contributed by atoms with Gasteiger partial charge in [-0.2, -0.15) is 0 Å². The summed E-state index contributed by atoms with van der Waals surface area (Å²) in [5, 5.41) is 0. The van der Waals surface area contributed by atoms with Crippen LogP contribution in [0.3, 0.4) is 0 Å². The Balaban J connectivity index is 2.23. The van der Waals surface area contributed by atoms with E-state index in [0.717, 1.165) is 15.8 Å². The molecular weight excluding hydrogens is 321 g/mol. The van der Waals surface area contributed by atoms with Crippen LogP contribution in [0.1, 0.15) is 30.9 Å². The van der Waals surface area contributed by atoms with Crippen LogP contribution >= 0.6 is 15.9 Å². The molecule has 0 aliphatic rings. The van der Waals surface area contributed by atoms with Crippen LogP contribution in [0.4, 0.5) is 10.1 Å². The summed E-state index contributed by atoms with van der Waals surface area (Å²) in [6.45, 7) is 4.30. The summed E-state index contributed by atoms with van der Waals surface area (Å²) in [5.74, 6) is 0.736. The fraction of sp³-hybridized carbons (Fsp3) is 0.250. The highest BCUT2D eigenvalue weighted by atomic mass is 79.9. The van der Waals surface area contributed by atoms with Crippen LogP contribution in [0.2, 0.25) is 0 Å². The van der Waals surface area contributed by atoms with Crippen molar-refractivity contribution in [1.82, 2.24) is 0 Å². The maximum Gasteiger partial charge on any atom is 0.131 e. The summed E-state index contributed by atoms with van der Waals surface area (Å²) in [4.78, 5) is 0. The molecule has 2 aromatic carbocycles. The number of hydrogen-bond donors (Lipinski definition) is 1. The Labute approximate surface area is 126 Å². The van der Waals surface area contributed by atoms with E-state index in [1.54, 1.807) is 12.1 Å². The largest absolute Gasteiger partial charge is 0.488 e. The molecule has 0 saturated carbocycles. The van der Waals surface area contributed by atoms with Gasteiger partial charge in [0.15, 0.2) is 0 Å². The maximum atomic E-state index is 13.7. The van der Waals surface area contributed by atoms with Crippen molar-refractivity contribution < 1.29 is 9.13 Å². The Kier molecular flexibility index (Phi) is 4.65. The van der Waals surface area contributed by atoms with Crippen LogP contribution in [0.25, 0.3) is 0 Å². The number of anilines is 1. The fourth-order valence-electron chi connectivity index (χ4n) is 1.98. The van der Waals surface area contributed by atoms with Crippen molar-refractivity contribution >= 4 is 21.6 Å². The SMILES string of the molecule is CC(C)c1cc(Br)ccc1OCc1c(N)cccc1F. The first-order chi connectivity index (χ1) is 9.49. The summed E-state index contributed by atoms with van der Waals surface area (Å²) in [6.07, 6.45) is 0. The zero-order valence-corrected chi connectivity index (χ0v) is 13.1. The lowest BCUT2D eigenvalue weighted by Gasteiger charge is -2.15. The molecule has 2 nitrogen and oxygen atoms in total. The molecule has 106 valence electrons. The number of hydrogen-bond acceptors (Lipinski definition) is 2. The quantitative estimate of drug-likeness (QED) is 0.807. The van der Waals surface area contributed by atoms with E-state index in [1.165, 1.54) is 6.07 Å². The highest BCUT2D eigenvalue weighted by molar-refractivity contribution is 9.10. The predicted molar refractivity (Wildman–Crippen MR) is 83.4 cm³/mol. The third-order valence-electron chi connectivity index (χ3n) is 3.12. The van der Waals surface area contributed by atoms with Gasteiger partial charge in [0.2, 0.25) is 0 Å². The number of nitrogen functional groups attached to an aromatic ring is 1. The van der Waals surface area contributed by atoms with E-state index in [9.17, 15) is 4.39 Å². The fourth-order valence-corrected chi connectivity index (χ4v) is 2.36. The second-order valence-corrected chi connectivity index (χ2v) is 5.85. The summed E-state index contributed by atoms with van der Waals surface area (Å²) in [7, 11) is 0. The number of halogens is 2. The molecule has 0 aromatic heterocycles. The topological polar surface area (TPSA) is 35.2 Å². The van der Waals surface area contributed by atoms with E-state index in [4.69, 9.17) is 10.5 Å². The molecule has 20 heavy (non-hydrogen) atoms. The molecule has 0 amide bonds. The van der Waals surface area contributed by atoms with Crippen molar-refractivity contribution in [3.8, 4) is 5.75 Å². The number of rotatable bonds is 4. The first-order valence-corrected chi connectivity index (χ1v) is 7.23. The van der Waals surface area contributed by atoms with Gasteiger partial charge in [0, 0.05) is 15.7 Å². The van der Waals surface area contributed by atoms with Gasteiger partial charge in [-0.25, -0.2) is 4.39 Å². The Morgan fingerprint density at radius 3 is 2.65 bits per heavy atom. The van der Waals surface area contributed by atoms with Crippen LogP contribution < -0.4 is 10.5 Å². The minimum Gasteiger partial charge on any atom is -0.488 e. The van der Waals surface area contributed by atoms with E-state index < -0.39 is 0 Å². The normalized spacial score (nSPS) is 10.8. The van der Waals surface area contributed by atoms with Gasteiger partial charge in [0.25, 0.3) is 0 Å². The van der Waals surface area contributed by atoms with Crippen molar-refractivity contribution in [3.05, 3.63) is 57.8 Å². The predicted octanol–water partition coefficient (Wildman–Crippen LogP) is 4.87. The molecule has 0 saturated heterocycles. The minimum atomic E-state index is -0.340. The second-order valence-electron chi connectivity index (χ2n) is 4.93. The van der Waals surface area contributed by atoms with E-state index >= 15 is 0 Å². The first kappa shape index (κ1) is 14.9. The number of ether oxygens (including phenoxy) is 1. The smallest absolute Gasteiger partial charge is 0.131 e. The monoisotopic (exact) mass is 337 g/mol. The van der Waals surface area contributed by atoms with Crippen LogP contribution in [0, 0.1) is 5.82 Å². The van der Waals surface area contributed by atoms with E-state index in [1.807, 2.05) is 18.2 Å². The summed E-state index contributed by atoms with van der Waals surface area (Å²) < 4.78 is 20.5. The molecule has 0 aliphatic carbocycles. The van der Waals surface area contributed by atoms with E-state index in [2.05, 4.69) is 29.8 Å². The summed E-state index contributed by atoms with van der Waals surface area (Å²) in [6, 6.07) is 10.5. The van der Waals surface area contributed by atoms with Crippen molar-refractivity contribution in [1.29, 1.82) is 0 Å². The lowest BCUT2D eigenvalue weighted by molar-refractivity contribution is 0.296. The first-order valence-electron chi connectivity index (χ1n) is 6.44. The second kappa shape index (κ2) is 6.27. The van der Waals surface area contributed by atoms with Crippen LogP contribution in [0.15, 0.2) is 40.9 Å². The van der Waals surface area contributed by atoms with Crippen molar-refractivity contribution in [3.63, 3.8) is 0 Å². The molecule has 0 unspecified atom stereocenters. The number of benzene rings is 2. The zero-order valence-electron chi connectivity index (χ0n) is 11.5. The standard InChI is InChI=1S/C16H17BrFNO/c1-10(2)12-8-11(17)6-7-16(12)20-9-13-14(18)4-3-5-15(13)19/h3-8,10H,9,19H2,1-2H3. The van der Waals surface area contributed by atoms with E-state index in [-0.39, 0.29) is 12.4 Å². The average Bonchev–Trinajstić information content (AvgIpc) is 2.39. The van der Waals surface area contributed by atoms with Gasteiger partial charge in [0.1, 0.15) is 18.2 Å². The lowest BCUT2D eigenvalue weighted by Crippen LogP contribution is -2.05. The molecule has 2 aromatic rings. The summed E-state index contributed by atoms with van der Waals surface area (Å²) >= 11 is 3.45. The van der Waals surface area contributed by atoms with Crippen LogP contribution in [-0.4, -0.2) is 0 Å². The van der Waals surface area contributed by atoms with Gasteiger partial charge in [-0.3, -0.25) is 0 Å². The van der Waals surface area contributed by atoms with E-state index in [0.29, 0.717) is 17.2 Å².